The first-order valence-electron chi connectivity index (χ1n) is 9.33. The average molecular weight is 401 g/mol. The molecule has 2 aromatic carbocycles. The zero-order chi connectivity index (χ0) is 20.3. The summed E-state index contributed by atoms with van der Waals surface area (Å²) in [5, 5.41) is 2.73. The van der Waals surface area contributed by atoms with E-state index < -0.39 is 10.0 Å². The largest absolute Gasteiger partial charge is 0.322 e. The smallest absolute Gasteiger partial charge is 0.255 e. The molecule has 1 saturated heterocycles. The Bertz CT molecular complexity index is 984. The van der Waals surface area contributed by atoms with Crippen molar-refractivity contribution < 1.29 is 18.0 Å². The van der Waals surface area contributed by atoms with E-state index in [1.54, 1.807) is 28.6 Å². The molecule has 1 fully saturated rings. The molecule has 0 aromatic heterocycles. The van der Waals surface area contributed by atoms with Crippen LogP contribution in [0, 0.1) is 0 Å². The van der Waals surface area contributed by atoms with Crippen LogP contribution in [-0.2, 0) is 10.0 Å². The summed E-state index contributed by atoms with van der Waals surface area (Å²) in [6, 6.07) is 12.6. The Morgan fingerprint density at radius 3 is 2.39 bits per heavy atom. The van der Waals surface area contributed by atoms with E-state index in [0.717, 1.165) is 19.3 Å². The van der Waals surface area contributed by atoms with Crippen molar-refractivity contribution in [2.45, 2.75) is 44.0 Å². The third-order valence-electron chi connectivity index (χ3n) is 4.99. The molecule has 1 aliphatic heterocycles. The van der Waals surface area contributed by atoms with Crippen molar-refractivity contribution in [3.8, 4) is 0 Å². The molecular weight excluding hydrogens is 376 g/mol. The third kappa shape index (κ3) is 4.31. The minimum absolute atomic E-state index is 0.0183. The van der Waals surface area contributed by atoms with Crippen molar-refractivity contribution in [3.05, 3.63) is 59.7 Å². The van der Waals surface area contributed by atoms with Gasteiger partial charge in [-0.25, -0.2) is 8.42 Å². The maximum absolute atomic E-state index is 12.9. The summed E-state index contributed by atoms with van der Waals surface area (Å²) in [5.74, 6) is -0.450. The molecular formula is C21H24N2O4S. The van der Waals surface area contributed by atoms with Crippen molar-refractivity contribution in [2.75, 3.05) is 11.9 Å². The third-order valence-corrected chi connectivity index (χ3v) is 7.02. The van der Waals surface area contributed by atoms with Crippen LogP contribution in [0.25, 0.3) is 0 Å². The number of hydrogen-bond acceptors (Lipinski definition) is 4. The number of rotatable bonds is 5. The maximum atomic E-state index is 12.9. The van der Waals surface area contributed by atoms with Gasteiger partial charge in [0, 0.05) is 29.4 Å². The lowest BCUT2D eigenvalue weighted by molar-refractivity contribution is 0.101. The second kappa shape index (κ2) is 8.24. The summed E-state index contributed by atoms with van der Waals surface area (Å²) in [5.41, 5.74) is 1.37. The lowest BCUT2D eigenvalue weighted by Crippen LogP contribution is -2.41. The van der Waals surface area contributed by atoms with Crippen molar-refractivity contribution in [3.63, 3.8) is 0 Å². The van der Waals surface area contributed by atoms with Crippen LogP contribution >= 0.6 is 0 Å². The van der Waals surface area contributed by atoms with Gasteiger partial charge in [-0.15, -0.1) is 0 Å². The number of carbonyl (C=O) groups is 2. The second-order valence-corrected chi connectivity index (χ2v) is 8.97. The highest BCUT2D eigenvalue weighted by molar-refractivity contribution is 7.89. The van der Waals surface area contributed by atoms with Crippen LogP contribution in [0.3, 0.4) is 0 Å². The molecule has 1 atom stereocenters. The van der Waals surface area contributed by atoms with Crippen LogP contribution in [0.15, 0.2) is 53.4 Å². The number of Topliss-reactive ketones (excluding diaryl/α,β-unsaturated/α-hetero) is 1. The predicted octanol–water partition coefficient (Wildman–Crippen LogP) is 3.70. The monoisotopic (exact) mass is 400 g/mol. The molecule has 28 heavy (non-hydrogen) atoms. The standard InChI is InChI=1S/C21H24N2O4S/c1-15-6-3-4-13-23(15)28(26,27)20-11-9-17(10-12-20)21(25)22-19-8-5-7-18(14-19)16(2)24/h5,7-12,14-15H,3-4,6,13H2,1-2H3,(H,22,25)/t15-/m1/s1. The number of piperidine rings is 1. The highest BCUT2D eigenvalue weighted by Crippen LogP contribution is 2.25. The lowest BCUT2D eigenvalue weighted by Gasteiger charge is -2.32. The van der Waals surface area contributed by atoms with E-state index in [-0.39, 0.29) is 22.6 Å². The maximum Gasteiger partial charge on any atom is 0.255 e. The molecule has 0 aliphatic carbocycles. The summed E-state index contributed by atoms with van der Waals surface area (Å²) in [6.45, 7) is 3.91. The highest BCUT2D eigenvalue weighted by Gasteiger charge is 2.30. The van der Waals surface area contributed by atoms with E-state index in [0.29, 0.717) is 23.4 Å². The number of nitrogens with zero attached hydrogens (tertiary/aromatic N) is 1. The molecule has 0 radical (unpaired) electrons. The van der Waals surface area contributed by atoms with Crippen LogP contribution in [0.1, 0.15) is 53.8 Å². The quantitative estimate of drug-likeness (QED) is 0.776. The Kier molecular flexibility index (Phi) is 5.96. The van der Waals surface area contributed by atoms with E-state index in [2.05, 4.69) is 5.32 Å². The van der Waals surface area contributed by atoms with E-state index >= 15 is 0 Å². The molecule has 0 spiro atoms. The summed E-state index contributed by atoms with van der Waals surface area (Å²) < 4.78 is 27.3. The average Bonchev–Trinajstić information content (AvgIpc) is 2.68. The van der Waals surface area contributed by atoms with Gasteiger partial charge in [0.25, 0.3) is 5.91 Å². The van der Waals surface area contributed by atoms with E-state index in [4.69, 9.17) is 0 Å². The van der Waals surface area contributed by atoms with Crippen LogP contribution in [0.4, 0.5) is 5.69 Å². The molecule has 1 heterocycles. The molecule has 6 nitrogen and oxygen atoms in total. The summed E-state index contributed by atoms with van der Waals surface area (Å²) >= 11 is 0. The van der Waals surface area contributed by atoms with Crippen molar-refractivity contribution >= 4 is 27.4 Å². The Hall–Kier alpha value is -2.51. The zero-order valence-corrected chi connectivity index (χ0v) is 16.8. The van der Waals surface area contributed by atoms with Crippen molar-refractivity contribution in [2.24, 2.45) is 0 Å². The molecule has 0 unspecified atom stereocenters. The van der Waals surface area contributed by atoms with Crippen LogP contribution in [0.5, 0.6) is 0 Å². The number of sulfonamides is 1. The van der Waals surface area contributed by atoms with Gasteiger partial charge in [0.15, 0.2) is 5.78 Å². The van der Waals surface area contributed by atoms with Gasteiger partial charge >= 0.3 is 0 Å². The highest BCUT2D eigenvalue weighted by atomic mass is 32.2. The molecule has 7 heteroatoms. The Balaban J connectivity index is 1.76. The first kappa shape index (κ1) is 20.2. The number of amides is 1. The molecule has 0 saturated carbocycles. The number of nitrogens with one attached hydrogen (secondary N) is 1. The summed E-state index contributed by atoms with van der Waals surface area (Å²) in [7, 11) is -3.56. The lowest BCUT2D eigenvalue weighted by atomic mass is 10.1. The minimum atomic E-state index is -3.56. The Morgan fingerprint density at radius 1 is 1.04 bits per heavy atom. The molecule has 1 aliphatic rings. The fourth-order valence-electron chi connectivity index (χ4n) is 3.36. The van der Waals surface area contributed by atoms with Crippen molar-refractivity contribution in [1.29, 1.82) is 0 Å². The van der Waals surface area contributed by atoms with Gasteiger partial charge < -0.3 is 5.32 Å². The predicted molar refractivity (Wildman–Crippen MR) is 108 cm³/mol. The fourth-order valence-corrected chi connectivity index (χ4v) is 5.06. The number of benzene rings is 2. The van der Waals surface area contributed by atoms with Crippen LogP contribution in [-0.4, -0.2) is 37.0 Å². The number of ketones is 1. The first-order valence-corrected chi connectivity index (χ1v) is 10.8. The van der Waals surface area contributed by atoms with Gasteiger partial charge in [-0.1, -0.05) is 18.6 Å². The van der Waals surface area contributed by atoms with Gasteiger partial charge in [-0.2, -0.15) is 4.31 Å². The molecule has 1 N–H and O–H groups in total. The molecule has 1 amide bonds. The van der Waals surface area contributed by atoms with E-state index in [9.17, 15) is 18.0 Å². The van der Waals surface area contributed by atoms with Gasteiger partial charge in [-0.3, -0.25) is 9.59 Å². The topological polar surface area (TPSA) is 83.5 Å². The SMILES string of the molecule is CC(=O)c1cccc(NC(=O)c2ccc(S(=O)(=O)N3CCCC[C@H]3C)cc2)c1. The van der Waals surface area contributed by atoms with Crippen LogP contribution < -0.4 is 5.32 Å². The number of hydrogen-bond donors (Lipinski definition) is 1. The van der Waals surface area contributed by atoms with E-state index in [1.807, 2.05) is 6.92 Å². The van der Waals surface area contributed by atoms with Crippen LogP contribution in [0.2, 0.25) is 0 Å². The minimum Gasteiger partial charge on any atom is -0.322 e. The second-order valence-electron chi connectivity index (χ2n) is 7.08. The van der Waals surface area contributed by atoms with Gasteiger partial charge in [0.2, 0.25) is 10.0 Å². The number of carbonyl (C=O) groups excluding carboxylic acids is 2. The normalized spacial score (nSPS) is 17.9. The molecule has 2 aromatic rings. The number of anilines is 1. The van der Waals surface area contributed by atoms with Gasteiger partial charge in [-0.05, 0) is 63.1 Å². The molecule has 0 bridgehead atoms. The molecule has 3 rings (SSSR count). The summed E-state index contributed by atoms with van der Waals surface area (Å²) in [6.07, 6.45) is 2.76. The Morgan fingerprint density at radius 2 is 1.75 bits per heavy atom. The summed E-state index contributed by atoms with van der Waals surface area (Å²) in [4.78, 5) is 24.1. The Labute approximate surface area is 165 Å². The van der Waals surface area contributed by atoms with Gasteiger partial charge in [0.1, 0.15) is 0 Å². The van der Waals surface area contributed by atoms with Gasteiger partial charge in [0.05, 0.1) is 4.90 Å². The zero-order valence-electron chi connectivity index (χ0n) is 16.0. The first-order chi connectivity index (χ1) is 13.3. The fraction of sp³-hybridized carbons (Fsp3) is 0.333. The van der Waals surface area contributed by atoms with E-state index in [1.165, 1.54) is 31.2 Å². The van der Waals surface area contributed by atoms with Crippen molar-refractivity contribution in [1.82, 2.24) is 4.31 Å². The molecule has 148 valence electrons.